The quantitative estimate of drug-likeness (QED) is 0.367. The Balaban J connectivity index is 1.28. The number of amides is 3. The Hall–Kier alpha value is -3.50. The van der Waals surface area contributed by atoms with E-state index in [0.717, 1.165) is 37.8 Å². The zero-order chi connectivity index (χ0) is 24.9. The Labute approximate surface area is 199 Å². The number of carboxylic acids is 1. The van der Waals surface area contributed by atoms with E-state index in [1.165, 1.54) is 6.07 Å². The number of aromatic amines is 1. The van der Waals surface area contributed by atoms with Crippen molar-refractivity contribution in [1.82, 2.24) is 20.9 Å². The molecule has 3 amide bonds. The molecule has 0 radical (unpaired) electrons. The van der Waals surface area contributed by atoms with Crippen molar-refractivity contribution in [3.05, 3.63) is 35.5 Å². The van der Waals surface area contributed by atoms with E-state index in [9.17, 15) is 33.1 Å². The van der Waals surface area contributed by atoms with Gasteiger partial charge < -0.3 is 26.0 Å². The number of aromatic nitrogens is 1. The van der Waals surface area contributed by atoms with E-state index in [4.69, 9.17) is 0 Å². The maximum Gasteiger partial charge on any atom is 0.326 e. The molecule has 5 rings (SSSR count). The molecule has 1 saturated heterocycles. The zero-order valence-electron chi connectivity index (χ0n) is 18.8. The lowest BCUT2D eigenvalue weighted by molar-refractivity contribution is -0.142. The fourth-order valence-electron chi connectivity index (χ4n) is 4.85. The molecule has 9 nitrogen and oxygen atoms in total. The van der Waals surface area contributed by atoms with Crippen molar-refractivity contribution in [3.63, 3.8) is 0 Å². The summed E-state index contributed by atoms with van der Waals surface area (Å²) in [7, 11) is 0. The number of carboxylic acid groups (broad SMARTS) is 1. The highest BCUT2D eigenvalue weighted by molar-refractivity contribution is 6.00. The summed E-state index contributed by atoms with van der Waals surface area (Å²) in [5.74, 6) is -4.60. The Bertz CT molecular complexity index is 1180. The Morgan fingerprint density at radius 2 is 1.80 bits per heavy atom. The van der Waals surface area contributed by atoms with Gasteiger partial charge in [0.1, 0.15) is 29.4 Å². The van der Waals surface area contributed by atoms with Gasteiger partial charge in [0, 0.05) is 16.8 Å². The number of halogens is 2. The standard InChI is InChI=1S/C24H26F2N4O5/c25-14-3-4-15(26)19-13(14)9-17(27-19)22(33)28-16(7-11-1-2-11)21(32)29-18(23(34)35)8-12-10-24(5-6-24)30-20(12)31/h3-4,9,11-12,16,18,27H,1-2,5-8,10H2,(H,28,33)(H,29,32)(H,30,31)(H,34,35)/t12-,16+,18+/m1/s1. The lowest BCUT2D eigenvalue weighted by Gasteiger charge is -2.22. The molecule has 1 aromatic heterocycles. The van der Waals surface area contributed by atoms with Gasteiger partial charge in [-0.1, -0.05) is 12.8 Å². The third-order valence-corrected chi connectivity index (χ3v) is 7.21. The highest BCUT2D eigenvalue weighted by atomic mass is 19.1. The fraction of sp³-hybridized carbons (Fsp3) is 0.500. The third-order valence-electron chi connectivity index (χ3n) is 7.21. The second kappa shape index (κ2) is 8.62. The van der Waals surface area contributed by atoms with Crippen LogP contribution < -0.4 is 16.0 Å². The van der Waals surface area contributed by atoms with Crippen LogP contribution in [-0.4, -0.2) is 51.4 Å². The lowest BCUT2D eigenvalue weighted by Crippen LogP contribution is -2.52. The van der Waals surface area contributed by atoms with Gasteiger partial charge in [-0.25, -0.2) is 13.6 Å². The molecule has 2 aromatic rings. The molecule has 2 aliphatic carbocycles. The van der Waals surface area contributed by atoms with Gasteiger partial charge in [-0.2, -0.15) is 0 Å². The van der Waals surface area contributed by atoms with Crippen molar-refractivity contribution >= 4 is 34.6 Å². The van der Waals surface area contributed by atoms with Crippen LogP contribution in [-0.2, 0) is 14.4 Å². The molecule has 1 spiro atoms. The van der Waals surface area contributed by atoms with Gasteiger partial charge in [0.15, 0.2) is 0 Å². The van der Waals surface area contributed by atoms with Crippen LogP contribution in [0.5, 0.6) is 0 Å². The number of hydrogen-bond acceptors (Lipinski definition) is 4. The number of carbonyl (C=O) groups excluding carboxylic acids is 3. The van der Waals surface area contributed by atoms with Gasteiger partial charge in [0.25, 0.3) is 5.91 Å². The first-order valence-corrected chi connectivity index (χ1v) is 11.8. The summed E-state index contributed by atoms with van der Waals surface area (Å²) < 4.78 is 28.0. The molecule has 35 heavy (non-hydrogen) atoms. The molecule has 11 heteroatoms. The molecule has 2 heterocycles. The van der Waals surface area contributed by atoms with E-state index >= 15 is 0 Å². The number of H-pyrrole nitrogens is 1. The van der Waals surface area contributed by atoms with Crippen molar-refractivity contribution in [2.75, 3.05) is 0 Å². The maximum absolute atomic E-state index is 14.0. The Morgan fingerprint density at radius 3 is 2.40 bits per heavy atom. The van der Waals surface area contributed by atoms with Crippen molar-refractivity contribution < 1.29 is 33.1 Å². The number of rotatable bonds is 9. The van der Waals surface area contributed by atoms with Crippen molar-refractivity contribution in [2.24, 2.45) is 11.8 Å². The minimum absolute atomic E-state index is 0.0423. The van der Waals surface area contributed by atoms with Crippen LogP contribution in [0.25, 0.3) is 10.9 Å². The second-order valence-electron chi connectivity index (χ2n) is 10.0. The summed E-state index contributed by atoms with van der Waals surface area (Å²) >= 11 is 0. The lowest BCUT2D eigenvalue weighted by atomic mass is 9.95. The fourth-order valence-corrected chi connectivity index (χ4v) is 4.85. The van der Waals surface area contributed by atoms with Gasteiger partial charge >= 0.3 is 5.97 Å². The average molecular weight is 488 g/mol. The number of nitrogens with one attached hydrogen (secondary N) is 4. The molecule has 0 unspecified atom stereocenters. The van der Waals surface area contributed by atoms with E-state index in [2.05, 4.69) is 20.9 Å². The van der Waals surface area contributed by atoms with Crippen LogP contribution in [0.1, 0.15) is 55.4 Å². The van der Waals surface area contributed by atoms with Gasteiger partial charge in [0.05, 0.1) is 5.52 Å². The molecule has 3 atom stereocenters. The monoisotopic (exact) mass is 488 g/mol. The molecule has 1 aliphatic heterocycles. The number of benzene rings is 1. The van der Waals surface area contributed by atoms with Crippen molar-refractivity contribution in [2.45, 2.75) is 62.6 Å². The van der Waals surface area contributed by atoms with Crippen LogP contribution in [0.4, 0.5) is 8.78 Å². The Kier molecular flexibility index (Phi) is 5.72. The molecular formula is C24H26F2N4O5. The van der Waals surface area contributed by atoms with Crippen LogP contribution >= 0.6 is 0 Å². The van der Waals surface area contributed by atoms with Gasteiger partial charge in [0.2, 0.25) is 11.8 Å². The minimum atomic E-state index is -1.29. The number of hydrogen-bond donors (Lipinski definition) is 5. The first kappa shape index (κ1) is 23.3. The molecule has 3 fully saturated rings. The van der Waals surface area contributed by atoms with Crippen LogP contribution in [0, 0.1) is 23.5 Å². The largest absolute Gasteiger partial charge is 0.480 e. The molecule has 3 aliphatic rings. The summed E-state index contributed by atoms with van der Waals surface area (Å²) in [6.45, 7) is 0. The SMILES string of the molecule is O=C(N[C@@H](CC1CC1)C(=O)N[C@@H](C[C@@H]1CC2(CC2)NC1=O)C(=O)O)c1cc2c(F)ccc(F)c2[nH]1. The smallest absolute Gasteiger partial charge is 0.326 e. The average Bonchev–Trinajstić information content (AvgIpc) is 3.69. The highest BCUT2D eigenvalue weighted by Gasteiger charge is 2.53. The number of aliphatic carboxylic acids is 1. The van der Waals surface area contributed by atoms with Gasteiger partial charge in [-0.05, 0) is 56.2 Å². The summed E-state index contributed by atoms with van der Waals surface area (Å²) in [5.41, 5.74) is -0.493. The number of fused-ring (bicyclic) bond motifs is 1. The van der Waals surface area contributed by atoms with E-state index in [1.54, 1.807) is 0 Å². The van der Waals surface area contributed by atoms with Gasteiger partial charge in [-0.15, -0.1) is 0 Å². The predicted molar refractivity (Wildman–Crippen MR) is 119 cm³/mol. The molecule has 2 saturated carbocycles. The van der Waals surface area contributed by atoms with E-state index in [-0.39, 0.29) is 40.4 Å². The molecule has 1 aromatic carbocycles. The van der Waals surface area contributed by atoms with Crippen LogP contribution in [0.3, 0.4) is 0 Å². The van der Waals surface area contributed by atoms with E-state index in [0.29, 0.717) is 12.8 Å². The normalized spacial score (nSPS) is 22.0. The number of carbonyl (C=O) groups is 4. The summed E-state index contributed by atoms with van der Waals surface area (Å²) in [6.07, 6.45) is 4.32. The molecule has 5 N–H and O–H groups in total. The topological polar surface area (TPSA) is 140 Å². The zero-order valence-corrected chi connectivity index (χ0v) is 18.8. The predicted octanol–water partition coefficient (Wildman–Crippen LogP) is 1.97. The summed E-state index contributed by atoms with van der Waals surface area (Å²) in [5, 5.41) is 17.6. The second-order valence-corrected chi connectivity index (χ2v) is 10.0. The first-order chi connectivity index (χ1) is 16.6. The molecule has 0 bridgehead atoms. The van der Waals surface area contributed by atoms with Gasteiger partial charge in [-0.3, -0.25) is 14.4 Å². The minimum Gasteiger partial charge on any atom is -0.480 e. The van der Waals surface area contributed by atoms with Crippen molar-refractivity contribution in [3.8, 4) is 0 Å². The highest BCUT2D eigenvalue weighted by Crippen LogP contribution is 2.46. The van der Waals surface area contributed by atoms with E-state index < -0.39 is 47.4 Å². The Morgan fingerprint density at radius 1 is 1.09 bits per heavy atom. The van der Waals surface area contributed by atoms with Crippen molar-refractivity contribution in [1.29, 1.82) is 0 Å². The molecular weight excluding hydrogens is 462 g/mol. The third kappa shape index (κ3) is 4.85. The van der Waals surface area contributed by atoms with Crippen LogP contribution in [0.2, 0.25) is 0 Å². The summed E-state index contributed by atoms with van der Waals surface area (Å²) in [4.78, 5) is 52.5. The summed E-state index contributed by atoms with van der Waals surface area (Å²) in [6, 6.07) is 0.744. The first-order valence-electron chi connectivity index (χ1n) is 11.8. The van der Waals surface area contributed by atoms with E-state index in [1.807, 2.05) is 0 Å². The van der Waals surface area contributed by atoms with Crippen LogP contribution in [0.15, 0.2) is 18.2 Å². The molecule has 186 valence electrons. The maximum atomic E-state index is 14.0.